The number of hydrogen-bond donors (Lipinski definition) is 3. The quantitative estimate of drug-likeness (QED) is 0.484. The number of carbonyl (C=O) groups excluding carboxylic acids is 2. The number of aliphatic hydroxyl groups excluding tert-OH is 1. The zero-order chi connectivity index (χ0) is 18.7. The number of β-amino-alcohol motifs (C(OH)–C–C–N with tert-alkyl or cyclic N) is 1. The van der Waals surface area contributed by atoms with Crippen LogP contribution in [0.3, 0.4) is 0 Å². The van der Waals surface area contributed by atoms with Crippen molar-refractivity contribution < 1.29 is 14.7 Å². The first kappa shape index (κ1) is 17.8. The molecule has 1 aliphatic heterocycles. The predicted octanol–water partition coefficient (Wildman–Crippen LogP) is 0.211. The Morgan fingerprint density at radius 2 is 2.00 bits per heavy atom. The molecule has 26 heavy (non-hydrogen) atoms. The second-order valence-corrected chi connectivity index (χ2v) is 6.05. The van der Waals surface area contributed by atoms with Crippen molar-refractivity contribution in [1.82, 2.24) is 20.1 Å². The Labute approximate surface area is 152 Å². The first-order chi connectivity index (χ1) is 12.5. The maximum atomic E-state index is 12.3. The average Bonchev–Trinajstić information content (AvgIpc) is 2.90. The lowest BCUT2D eigenvalue weighted by Crippen LogP contribution is -2.34. The largest absolute Gasteiger partial charge is 0.395 e. The molecule has 0 fully saturated rings. The summed E-state index contributed by atoms with van der Waals surface area (Å²) in [7, 11) is 0. The SMILES string of the molecule is CSc1nnc(-c2ccccc2NC2=CC(=O)N(CCO)C2=O)c(=O)[nH]1. The van der Waals surface area contributed by atoms with E-state index in [1.165, 1.54) is 11.8 Å². The minimum atomic E-state index is -0.545. The molecule has 0 aliphatic carbocycles. The molecular formula is C16H15N5O4S. The summed E-state index contributed by atoms with van der Waals surface area (Å²) in [6, 6.07) is 6.76. The van der Waals surface area contributed by atoms with Crippen molar-refractivity contribution >= 4 is 29.3 Å². The summed E-state index contributed by atoms with van der Waals surface area (Å²) in [5, 5.41) is 20.1. The van der Waals surface area contributed by atoms with Gasteiger partial charge in [-0.2, -0.15) is 0 Å². The van der Waals surface area contributed by atoms with E-state index in [0.29, 0.717) is 16.4 Å². The number of aromatic amines is 1. The van der Waals surface area contributed by atoms with Crippen molar-refractivity contribution in [3.8, 4) is 11.3 Å². The molecule has 0 saturated carbocycles. The lowest BCUT2D eigenvalue weighted by atomic mass is 10.1. The van der Waals surface area contributed by atoms with Gasteiger partial charge in [-0.1, -0.05) is 30.0 Å². The fourth-order valence-electron chi connectivity index (χ4n) is 2.44. The fourth-order valence-corrected chi connectivity index (χ4v) is 2.76. The highest BCUT2D eigenvalue weighted by Crippen LogP contribution is 2.26. The van der Waals surface area contributed by atoms with Gasteiger partial charge >= 0.3 is 0 Å². The zero-order valence-electron chi connectivity index (χ0n) is 13.7. The van der Waals surface area contributed by atoms with E-state index in [-0.39, 0.29) is 24.5 Å². The summed E-state index contributed by atoms with van der Waals surface area (Å²) in [6.45, 7) is -0.399. The number of nitrogens with zero attached hydrogens (tertiary/aromatic N) is 3. The number of para-hydroxylation sites is 1. The molecule has 1 aromatic heterocycles. The van der Waals surface area contributed by atoms with E-state index in [4.69, 9.17) is 5.11 Å². The number of thioether (sulfide) groups is 1. The third-order valence-electron chi connectivity index (χ3n) is 3.65. The van der Waals surface area contributed by atoms with E-state index in [9.17, 15) is 14.4 Å². The van der Waals surface area contributed by atoms with Crippen LogP contribution < -0.4 is 10.9 Å². The number of aliphatic hydroxyl groups is 1. The molecule has 0 bridgehead atoms. The third-order valence-corrected chi connectivity index (χ3v) is 4.22. The maximum Gasteiger partial charge on any atom is 0.278 e. The van der Waals surface area contributed by atoms with E-state index in [2.05, 4.69) is 20.5 Å². The van der Waals surface area contributed by atoms with E-state index >= 15 is 0 Å². The van der Waals surface area contributed by atoms with Crippen LogP contribution in [0.25, 0.3) is 11.3 Å². The molecular weight excluding hydrogens is 358 g/mol. The highest BCUT2D eigenvalue weighted by atomic mass is 32.2. The van der Waals surface area contributed by atoms with Crippen molar-refractivity contribution in [2.24, 2.45) is 0 Å². The molecule has 0 saturated heterocycles. The molecule has 0 unspecified atom stereocenters. The number of anilines is 1. The molecule has 2 aromatic rings. The smallest absolute Gasteiger partial charge is 0.278 e. The maximum absolute atomic E-state index is 12.3. The molecule has 2 heterocycles. The third kappa shape index (κ3) is 3.37. The number of carbonyl (C=O) groups is 2. The van der Waals surface area contributed by atoms with Crippen LogP contribution >= 0.6 is 11.8 Å². The number of amides is 2. The number of benzene rings is 1. The Bertz CT molecular complexity index is 956. The summed E-state index contributed by atoms with van der Waals surface area (Å²) >= 11 is 1.26. The fraction of sp³-hybridized carbons (Fsp3) is 0.188. The van der Waals surface area contributed by atoms with Gasteiger partial charge in [0.2, 0.25) is 0 Å². The van der Waals surface area contributed by atoms with Crippen molar-refractivity contribution in [2.45, 2.75) is 5.16 Å². The number of aromatic nitrogens is 3. The molecule has 2 amide bonds. The van der Waals surface area contributed by atoms with Crippen molar-refractivity contribution in [1.29, 1.82) is 0 Å². The Kier molecular flexibility index (Phi) is 5.14. The van der Waals surface area contributed by atoms with Crippen molar-refractivity contribution in [3.63, 3.8) is 0 Å². The highest BCUT2D eigenvalue weighted by Gasteiger charge is 2.31. The Balaban J connectivity index is 1.94. The van der Waals surface area contributed by atoms with Gasteiger partial charge in [0.15, 0.2) is 10.9 Å². The van der Waals surface area contributed by atoms with Crippen LogP contribution in [0.15, 0.2) is 46.0 Å². The van der Waals surface area contributed by atoms with E-state index in [1.807, 2.05) is 0 Å². The van der Waals surface area contributed by atoms with Gasteiger partial charge in [0, 0.05) is 17.3 Å². The van der Waals surface area contributed by atoms with E-state index in [1.54, 1.807) is 30.5 Å². The number of rotatable bonds is 6. The average molecular weight is 373 g/mol. The molecule has 134 valence electrons. The van der Waals surface area contributed by atoms with Crippen LogP contribution in [0.2, 0.25) is 0 Å². The zero-order valence-corrected chi connectivity index (χ0v) is 14.5. The summed E-state index contributed by atoms with van der Waals surface area (Å²) in [5.74, 6) is -1.05. The molecule has 10 heteroatoms. The van der Waals surface area contributed by atoms with Gasteiger partial charge in [-0.15, -0.1) is 10.2 Å². The van der Waals surface area contributed by atoms with E-state index in [0.717, 1.165) is 11.0 Å². The van der Waals surface area contributed by atoms with Gasteiger partial charge in [0.05, 0.1) is 13.2 Å². The van der Waals surface area contributed by atoms with Gasteiger partial charge in [0.1, 0.15) is 5.70 Å². The summed E-state index contributed by atoms with van der Waals surface area (Å²) < 4.78 is 0. The topological polar surface area (TPSA) is 128 Å². The molecule has 0 spiro atoms. The number of imide groups is 1. The monoisotopic (exact) mass is 373 g/mol. The second-order valence-electron chi connectivity index (χ2n) is 5.26. The standard InChI is InChI=1S/C16H15N5O4S/c1-26-16-18-14(24)13(19-20-16)9-4-2-3-5-10(9)17-11-8-12(23)21(6-7-22)15(11)25/h2-5,8,17,22H,6-7H2,1H3,(H,18,20,24). The molecule has 3 rings (SSSR count). The molecule has 1 aromatic carbocycles. The Morgan fingerprint density at radius 3 is 2.69 bits per heavy atom. The number of hydrogen-bond acceptors (Lipinski definition) is 8. The van der Waals surface area contributed by atoms with Gasteiger partial charge in [-0.05, 0) is 12.3 Å². The lowest BCUT2D eigenvalue weighted by Gasteiger charge is -2.14. The predicted molar refractivity (Wildman–Crippen MR) is 95.4 cm³/mol. The molecule has 3 N–H and O–H groups in total. The summed E-state index contributed by atoms with van der Waals surface area (Å²) in [6.07, 6.45) is 2.92. The Hall–Kier alpha value is -2.98. The van der Waals surface area contributed by atoms with Crippen LogP contribution in [-0.4, -0.2) is 56.4 Å². The van der Waals surface area contributed by atoms with E-state index < -0.39 is 17.4 Å². The van der Waals surface area contributed by atoms with Crippen LogP contribution in [0.1, 0.15) is 0 Å². The highest BCUT2D eigenvalue weighted by molar-refractivity contribution is 7.98. The number of nitrogens with one attached hydrogen (secondary N) is 2. The molecule has 1 aliphatic rings. The normalized spacial score (nSPS) is 13.9. The summed E-state index contributed by atoms with van der Waals surface area (Å²) in [4.78, 5) is 40.0. The van der Waals surface area contributed by atoms with Crippen molar-refractivity contribution in [2.75, 3.05) is 24.7 Å². The van der Waals surface area contributed by atoms with Crippen molar-refractivity contribution in [3.05, 3.63) is 46.4 Å². The van der Waals surface area contributed by atoms with Gasteiger partial charge in [-0.3, -0.25) is 24.3 Å². The van der Waals surface area contributed by atoms with Crippen LogP contribution in [-0.2, 0) is 9.59 Å². The molecule has 0 radical (unpaired) electrons. The molecule has 9 nitrogen and oxygen atoms in total. The lowest BCUT2D eigenvalue weighted by molar-refractivity contribution is -0.137. The van der Waals surface area contributed by atoms with Gasteiger partial charge in [-0.25, -0.2) is 0 Å². The first-order valence-corrected chi connectivity index (χ1v) is 8.83. The minimum absolute atomic E-state index is 0.0565. The second kappa shape index (κ2) is 7.50. The van der Waals surface area contributed by atoms with Crippen LogP contribution in [0.5, 0.6) is 0 Å². The van der Waals surface area contributed by atoms with Crippen LogP contribution in [0, 0.1) is 0 Å². The van der Waals surface area contributed by atoms with Crippen LogP contribution in [0.4, 0.5) is 5.69 Å². The van der Waals surface area contributed by atoms with Gasteiger partial charge < -0.3 is 10.4 Å². The number of H-pyrrole nitrogens is 1. The molecule has 0 atom stereocenters. The van der Waals surface area contributed by atoms with Gasteiger partial charge in [0.25, 0.3) is 17.4 Å². The Morgan fingerprint density at radius 1 is 1.23 bits per heavy atom. The minimum Gasteiger partial charge on any atom is -0.395 e. The summed E-state index contributed by atoms with van der Waals surface area (Å²) in [5.41, 5.74) is 0.609. The first-order valence-electron chi connectivity index (χ1n) is 7.61.